The molecule has 1 nitrogen and oxygen atoms in total. The van der Waals surface area contributed by atoms with Crippen LogP contribution in [-0.4, -0.2) is 108 Å². The Morgan fingerprint density at radius 1 is 1.29 bits per heavy atom. The van der Waals surface area contributed by atoms with Gasteiger partial charge in [-0.15, -0.1) is 11.3 Å². The predicted octanol–water partition coefficient (Wildman–Crippen LogP) is -0.154. The minimum absolute atomic E-state index is 0. The molecule has 4 heteroatoms. The number of rotatable bonds is 0. The Bertz CT molecular complexity index is 69.4. The topological polar surface area (TPSA) is 12.9 Å². The summed E-state index contributed by atoms with van der Waals surface area (Å²) in [6.45, 7) is 0. The molecule has 0 atom stereocenters. The monoisotopic (exact) mass is 165 g/mol. The fraction of sp³-hybridized carbons (Fsp3) is 0. The second kappa shape index (κ2) is 8.90. The Morgan fingerprint density at radius 3 is 2.14 bits per heavy atom. The molecule has 0 aliphatic carbocycles. The van der Waals surface area contributed by atoms with Gasteiger partial charge in [-0.3, -0.25) is 4.98 Å². The molecule has 0 unspecified atom stereocenters. The molecule has 0 fully saturated rings. The Labute approximate surface area is 132 Å². The molecule has 7 heavy (non-hydrogen) atoms. The van der Waals surface area contributed by atoms with E-state index in [1.807, 2.05) is 5.38 Å². The maximum atomic E-state index is 3.74. The normalized spacial score (nSPS) is 5.71. The average Bonchev–Trinajstić information content (AvgIpc) is 1.76. The van der Waals surface area contributed by atoms with E-state index < -0.39 is 0 Å². The number of hydrogen-bond donors (Lipinski definition) is 0. The maximum Gasteiger partial charge on any atom is 0.0791 e. The average molecular weight is 165 g/mol. The first-order chi connectivity index (χ1) is 2.50. The van der Waals surface area contributed by atoms with Gasteiger partial charge in [0.15, 0.2) is 0 Å². The first-order valence-electron chi connectivity index (χ1n) is 1.32. The van der Waals surface area contributed by atoms with Crippen LogP contribution in [0.2, 0.25) is 0 Å². The van der Waals surface area contributed by atoms with E-state index in [1.165, 1.54) is 0 Å². The van der Waals surface area contributed by atoms with Gasteiger partial charge in [0.2, 0.25) is 0 Å². The van der Waals surface area contributed by atoms with Crippen molar-refractivity contribution in [2.24, 2.45) is 0 Å². The summed E-state index contributed by atoms with van der Waals surface area (Å²) in [7, 11) is 0. The first kappa shape index (κ1) is 12.6. The summed E-state index contributed by atoms with van der Waals surface area (Å²) in [5.74, 6) is 0. The van der Waals surface area contributed by atoms with Gasteiger partial charge in [-0.2, -0.15) is 0 Å². The smallest absolute Gasteiger partial charge is 0.0791 e. The third-order valence-electron chi connectivity index (χ3n) is 0.347. The van der Waals surface area contributed by atoms with E-state index in [4.69, 9.17) is 0 Å². The summed E-state index contributed by atoms with van der Waals surface area (Å²) < 4.78 is 0. The summed E-state index contributed by atoms with van der Waals surface area (Å²) in [5, 5.41) is 1.93. The van der Waals surface area contributed by atoms with Crippen molar-refractivity contribution in [3.8, 4) is 0 Å². The zero-order valence-electron chi connectivity index (χ0n) is 2.59. The van der Waals surface area contributed by atoms with Crippen molar-refractivity contribution in [3.63, 3.8) is 0 Å². The van der Waals surface area contributed by atoms with Gasteiger partial charge in [-0.1, -0.05) is 0 Å². The predicted molar refractivity (Wildman–Crippen MR) is 36.4 cm³/mol. The molecule has 30 valence electrons. The molecule has 0 amide bonds. The van der Waals surface area contributed by atoms with E-state index in [0.717, 1.165) is 0 Å². The van der Waals surface area contributed by atoms with Crippen LogP contribution in [0.1, 0.15) is 0 Å². The van der Waals surface area contributed by atoms with Gasteiger partial charge < -0.3 is 0 Å². The zero-order chi connectivity index (χ0) is 3.54. The van der Waals surface area contributed by atoms with E-state index in [1.54, 1.807) is 23.0 Å². The Kier molecular flexibility index (Phi) is 16.0. The van der Waals surface area contributed by atoms with Gasteiger partial charge in [0.1, 0.15) is 0 Å². The third kappa shape index (κ3) is 6.79. The van der Waals surface area contributed by atoms with Crippen molar-refractivity contribution in [1.82, 2.24) is 4.98 Å². The summed E-state index contributed by atoms with van der Waals surface area (Å²) in [5.41, 5.74) is 1.79. The van der Waals surface area contributed by atoms with E-state index in [2.05, 4.69) is 4.98 Å². The fourth-order valence-electron chi connectivity index (χ4n) is 0.176. The van der Waals surface area contributed by atoms with Crippen LogP contribution in [-0.2, 0) is 0 Å². The van der Waals surface area contributed by atoms with Crippen LogP contribution in [0.5, 0.6) is 0 Å². The van der Waals surface area contributed by atoms with Crippen molar-refractivity contribution in [2.75, 3.05) is 0 Å². The van der Waals surface area contributed by atoms with Crippen LogP contribution in [0.15, 0.2) is 17.1 Å². The molecule has 0 aliphatic rings. The largest absolute Gasteiger partial charge is 0.253 e. The Balaban J connectivity index is 0. The van der Waals surface area contributed by atoms with Crippen molar-refractivity contribution in [3.05, 3.63) is 17.1 Å². The molecule has 0 aliphatic heterocycles. The molecule has 1 aromatic rings. The van der Waals surface area contributed by atoms with Gasteiger partial charge >= 0.3 is 103 Å². The van der Waals surface area contributed by atoms with E-state index in [9.17, 15) is 0 Å². The molecule has 0 saturated carbocycles. The zero-order valence-corrected chi connectivity index (χ0v) is 3.40. The second-order valence-corrected chi connectivity index (χ2v) is 1.43. The van der Waals surface area contributed by atoms with Crippen LogP contribution in [0.25, 0.3) is 0 Å². The van der Waals surface area contributed by atoms with Gasteiger partial charge in [-0.25, -0.2) is 0 Å². The van der Waals surface area contributed by atoms with Crippen LogP contribution < -0.4 is 0 Å². The van der Waals surface area contributed by atoms with Crippen LogP contribution in [0.4, 0.5) is 0 Å². The molecule has 0 aromatic carbocycles. The first-order valence-corrected chi connectivity index (χ1v) is 2.26. The van der Waals surface area contributed by atoms with Crippen molar-refractivity contribution < 1.29 is 0 Å². The van der Waals surface area contributed by atoms with E-state index >= 15 is 0 Å². The van der Waals surface area contributed by atoms with Crippen molar-refractivity contribution in [1.29, 1.82) is 0 Å². The number of nitrogens with zero attached hydrogens (tertiary/aromatic N) is 1. The summed E-state index contributed by atoms with van der Waals surface area (Å²) in [4.78, 5) is 3.74. The molecule has 1 heterocycles. The van der Waals surface area contributed by atoms with Crippen molar-refractivity contribution >= 4 is 114 Å². The molecule has 0 saturated heterocycles. The standard InChI is InChI=1S/C3H3NS.2K.2H/c1-2-5-3-4-1;;;;/h1-3H;;;;. The van der Waals surface area contributed by atoms with Crippen molar-refractivity contribution in [2.45, 2.75) is 0 Å². The fourth-order valence-corrected chi connectivity index (χ4v) is 0.527. The second-order valence-electron chi connectivity index (χ2n) is 0.676. The maximum absolute atomic E-state index is 3.74. The third-order valence-corrected chi connectivity index (χ3v) is 0.869. The van der Waals surface area contributed by atoms with Gasteiger partial charge in [-0.05, 0) is 0 Å². The Morgan fingerprint density at radius 2 is 2.00 bits per heavy atom. The molecule has 1 aromatic heterocycles. The van der Waals surface area contributed by atoms with Crippen LogP contribution >= 0.6 is 11.3 Å². The number of aromatic nitrogens is 1. The molecule has 0 N–H and O–H groups in total. The van der Waals surface area contributed by atoms with Crippen LogP contribution in [0.3, 0.4) is 0 Å². The van der Waals surface area contributed by atoms with E-state index in [-0.39, 0.29) is 103 Å². The minimum atomic E-state index is 0. The van der Waals surface area contributed by atoms with Gasteiger partial charge in [0.05, 0.1) is 5.51 Å². The summed E-state index contributed by atoms with van der Waals surface area (Å²) in [6, 6.07) is 0. The number of thiazole rings is 1. The molecule has 0 radical (unpaired) electrons. The Hall–Kier alpha value is 2.90. The van der Waals surface area contributed by atoms with Gasteiger partial charge in [0, 0.05) is 11.6 Å². The molecular weight excluding hydrogens is 160 g/mol. The SMILES string of the molecule is [KH].[KH].c1cscn1. The van der Waals surface area contributed by atoms with Gasteiger partial charge in [0.25, 0.3) is 0 Å². The molecule has 0 bridgehead atoms. The molecule has 0 spiro atoms. The van der Waals surface area contributed by atoms with E-state index in [0.29, 0.717) is 0 Å². The summed E-state index contributed by atoms with van der Waals surface area (Å²) >= 11 is 1.60. The molecule has 1 rings (SSSR count). The number of hydrogen-bond acceptors (Lipinski definition) is 2. The quantitative estimate of drug-likeness (QED) is 0.487. The van der Waals surface area contributed by atoms with Crippen LogP contribution in [0, 0.1) is 0 Å². The summed E-state index contributed by atoms with van der Waals surface area (Å²) in [6.07, 6.45) is 1.77. The minimum Gasteiger partial charge on any atom is -0.253 e. The molecular formula is C3H5K2NS.